The van der Waals surface area contributed by atoms with E-state index in [-0.39, 0.29) is 30.7 Å². The van der Waals surface area contributed by atoms with Crippen LogP contribution in [0.3, 0.4) is 0 Å². The SMILES string of the molecule is CCC(C)(NC(=O)c1n[nH]c2c1CNCC2)c1nc(C)cs1.Cl.Cl. The van der Waals surface area contributed by atoms with Gasteiger partial charge in [0.25, 0.3) is 5.91 Å². The molecule has 0 fully saturated rings. The highest BCUT2D eigenvalue weighted by atomic mass is 35.5. The van der Waals surface area contributed by atoms with Gasteiger partial charge < -0.3 is 10.6 Å². The molecule has 3 heterocycles. The van der Waals surface area contributed by atoms with E-state index in [2.05, 4.69) is 32.7 Å². The molecule has 2 aromatic heterocycles. The first kappa shape index (κ1) is 20.9. The van der Waals surface area contributed by atoms with Gasteiger partial charge in [-0.3, -0.25) is 9.89 Å². The number of H-pyrrole nitrogens is 1. The Labute approximate surface area is 158 Å². The number of nitrogens with zero attached hydrogens (tertiary/aromatic N) is 2. The Morgan fingerprint density at radius 2 is 2.21 bits per heavy atom. The van der Waals surface area contributed by atoms with Gasteiger partial charge in [-0.2, -0.15) is 5.10 Å². The Hall–Kier alpha value is -1.15. The van der Waals surface area contributed by atoms with Crippen molar-refractivity contribution in [2.45, 2.75) is 45.7 Å². The average Bonchev–Trinajstić information content (AvgIpc) is 3.13. The van der Waals surface area contributed by atoms with Gasteiger partial charge in [-0.15, -0.1) is 36.2 Å². The average molecular weight is 392 g/mol. The Bertz CT molecular complexity index is 702. The van der Waals surface area contributed by atoms with Crippen molar-refractivity contribution in [2.75, 3.05) is 6.54 Å². The minimum atomic E-state index is -0.468. The van der Waals surface area contributed by atoms with Gasteiger partial charge in [-0.05, 0) is 20.3 Å². The largest absolute Gasteiger partial charge is 0.339 e. The van der Waals surface area contributed by atoms with Crippen molar-refractivity contribution < 1.29 is 4.79 Å². The first-order chi connectivity index (χ1) is 10.5. The summed E-state index contributed by atoms with van der Waals surface area (Å²) in [6.45, 7) is 7.64. The zero-order valence-corrected chi connectivity index (χ0v) is 16.4. The fraction of sp³-hybridized carbons (Fsp3) is 0.533. The molecular weight excluding hydrogens is 369 g/mol. The zero-order valence-electron chi connectivity index (χ0n) is 13.9. The number of halogens is 2. The Kier molecular flexibility index (Phi) is 7.22. The highest BCUT2D eigenvalue weighted by molar-refractivity contribution is 7.09. The van der Waals surface area contributed by atoms with Crippen molar-refractivity contribution >= 4 is 42.1 Å². The van der Waals surface area contributed by atoms with E-state index >= 15 is 0 Å². The van der Waals surface area contributed by atoms with Crippen LogP contribution in [0.4, 0.5) is 0 Å². The molecule has 1 atom stereocenters. The molecule has 0 saturated heterocycles. The lowest BCUT2D eigenvalue weighted by Gasteiger charge is -2.27. The highest BCUT2D eigenvalue weighted by Gasteiger charge is 2.32. The number of aromatic amines is 1. The molecule has 6 nitrogen and oxygen atoms in total. The van der Waals surface area contributed by atoms with Gasteiger partial charge in [0.2, 0.25) is 0 Å². The van der Waals surface area contributed by atoms with Crippen LogP contribution in [-0.2, 0) is 18.5 Å². The molecule has 1 unspecified atom stereocenters. The van der Waals surface area contributed by atoms with E-state index in [4.69, 9.17) is 0 Å². The minimum Gasteiger partial charge on any atom is -0.339 e. The predicted molar refractivity (Wildman–Crippen MR) is 100 cm³/mol. The summed E-state index contributed by atoms with van der Waals surface area (Å²) < 4.78 is 0. The van der Waals surface area contributed by atoms with E-state index < -0.39 is 5.54 Å². The molecule has 0 radical (unpaired) electrons. The Balaban J connectivity index is 0.00000144. The van der Waals surface area contributed by atoms with Gasteiger partial charge in [0.15, 0.2) is 5.69 Å². The number of carbonyl (C=O) groups is 1. The van der Waals surface area contributed by atoms with Crippen LogP contribution in [-0.4, -0.2) is 27.6 Å². The van der Waals surface area contributed by atoms with Crippen LogP contribution in [0, 0.1) is 6.92 Å². The van der Waals surface area contributed by atoms with E-state index in [0.29, 0.717) is 12.2 Å². The summed E-state index contributed by atoms with van der Waals surface area (Å²) in [5.74, 6) is -0.140. The smallest absolute Gasteiger partial charge is 0.272 e. The summed E-state index contributed by atoms with van der Waals surface area (Å²) in [6.07, 6.45) is 1.66. The first-order valence-corrected chi connectivity index (χ1v) is 8.43. The molecule has 2 aromatic rings. The third-order valence-electron chi connectivity index (χ3n) is 4.21. The van der Waals surface area contributed by atoms with Crippen molar-refractivity contribution in [1.29, 1.82) is 0 Å². The number of aromatic nitrogens is 3. The predicted octanol–water partition coefficient (Wildman–Crippen LogP) is 2.72. The molecule has 1 amide bonds. The van der Waals surface area contributed by atoms with E-state index in [9.17, 15) is 4.79 Å². The van der Waals surface area contributed by atoms with Crippen molar-refractivity contribution in [3.63, 3.8) is 0 Å². The molecule has 9 heteroatoms. The third-order valence-corrected chi connectivity index (χ3v) is 5.43. The van der Waals surface area contributed by atoms with Crippen LogP contribution in [0.25, 0.3) is 0 Å². The number of hydrogen-bond donors (Lipinski definition) is 3. The van der Waals surface area contributed by atoms with E-state index in [0.717, 1.165) is 41.3 Å². The second-order valence-electron chi connectivity index (χ2n) is 5.89. The van der Waals surface area contributed by atoms with Crippen LogP contribution < -0.4 is 10.6 Å². The second kappa shape index (κ2) is 8.29. The van der Waals surface area contributed by atoms with Crippen molar-refractivity contribution in [1.82, 2.24) is 25.8 Å². The summed E-state index contributed by atoms with van der Waals surface area (Å²) in [5, 5.41) is 16.6. The summed E-state index contributed by atoms with van der Waals surface area (Å²) in [4.78, 5) is 17.2. The van der Waals surface area contributed by atoms with E-state index in [1.54, 1.807) is 11.3 Å². The molecule has 0 saturated carbocycles. The number of hydrogen-bond acceptors (Lipinski definition) is 5. The maximum Gasteiger partial charge on any atom is 0.272 e. The monoisotopic (exact) mass is 391 g/mol. The van der Waals surface area contributed by atoms with Crippen LogP contribution in [0.15, 0.2) is 5.38 Å². The fourth-order valence-corrected chi connectivity index (χ4v) is 3.61. The molecule has 1 aliphatic heterocycles. The zero-order chi connectivity index (χ0) is 15.7. The maximum absolute atomic E-state index is 12.7. The molecule has 0 bridgehead atoms. The summed E-state index contributed by atoms with van der Waals surface area (Å²) in [7, 11) is 0. The van der Waals surface area contributed by atoms with Gasteiger partial charge >= 0.3 is 0 Å². The van der Waals surface area contributed by atoms with Crippen LogP contribution in [0.5, 0.6) is 0 Å². The van der Waals surface area contributed by atoms with Crippen molar-refractivity contribution in [3.8, 4) is 0 Å². The van der Waals surface area contributed by atoms with E-state index in [1.165, 1.54) is 0 Å². The van der Waals surface area contributed by atoms with Crippen molar-refractivity contribution in [2.24, 2.45) is 0 Å². The van der Waals surface area contributed by atoms with Crippen LogP contribution in [0.1, 0.15) is 52.7 Å². The number of aryl methyl sites for hydroxylation is 1. The molecule has 0 aliphatic carbocycles. The maximum atomic E-state index is 12.7. The number of carbonyl (C=O) groups excluding carboxylic acids is 1. The topological polar surface area (TPSA) is 82.7 Å². The number of fused-ring (bicyclic) bond motifs is 1. The third kappa shape index (κ3) is 3.91. The van der Waals surface area contributed by atoms with Gasteiger partial charge in [-0.1, -0.05) is 6.92 Å². The first-order valence-electron chi connectivity index (χ1n) is 7.55. The number of amides is 1. The Morgan fingerprint density at radius 1 is 1.46 bits per heavy atom. The molecule has 1 aliphatic rings. The Morgan fingerprint density at radius 3 is 2.83 bits per heavy atom. The van der Waals surface area contributed by atoms with Crippen LogP contribution >= 0.6 is 36.2 Å². The van der Waals surface area contributed by atoms with Gasteiger partial charge in [0.05, 0.1) is 5.54 Å². The molecule has 0 aromatic carbocycles. The molecule has 0 spiro atoms. The second-order valence-corrected chi connectivity index (χ2v) is 6.75. The fourth-order valence-electron chi connectivity index (χ4n) is 2.62. The normalized spacial score (nSPS) is 15.5. The highest BCUT2D eigenvalue weighted by Crippen LogP contribution is 2.28. The quantitative estimate of drug-likeness (QED) is 0.747. The molecule has 24 heavy (non-hydrogen) atoms. The molecular formula is C15H23Cl2N5OS. The number of rotatable bonds is 4. The van der Waals surface area contributed by atoms with Gasteiger partial charge in [0, 0.05) is 41.8 Å². The lowest BCUT2D eigenvalue weighted by atomic mass is 9.98. The lowest BCUT2D eigenvalue weighted by molar-refractivity contribution is 0.0895. The van der Waals surface area contributed by atoms with Crippen LogP contribution in [0.2, 0.25) is 0 Å². The lowest BCUT2D eigenvalue weighted by Crippen LogP contribution is -2.43. The molecule has 3 rings (SSSR count). The van der Waals surface area contributed by atoms with Gasteiger partial charge in [0.1, 0.15) is 5.01 Å². The number of nitrogens with one attached hydrogen (secondary N) is 3. The standard InChI is InChI=1S/C15H21N5OS.2ClH/c1-4-15(3,14-17-9(2)8-22-14)18-13(21)12-10-7-16-6-5-11(10)19-20-12;;/h8,16H,4-7H2,1-3H3,(H,18,21)(H,19,20);2*1H. The van der Waals surface area contributed by atoms with Crippen molar-refractivity contribution in [3.05, 3.63) is 33.0 Å². The number of thiazole rings is 1. The summed E-state index contributed by atoms with van der Waals surface area (Å²) in [6, 6.07) is 0. The van der Waals surface area contributed by atoms with Gasteiger partial charge in [-0.25, -0.2) is 4.98 Å². The molecule has 134 valence electrons. The van der Waals surface area contributed by atoms with E-state index in [1.807, 2.05) is 19.2 Å². The minimum absolute atomic E-state index is 0. The summed E-state index contributed by atoms with van der Waals surface area (Å²) in [5.41, 5.74) is 3.05. The molecule has 3 N–H and O–H groups in total. The summed E-state index contributed by atoms with van der Waals surface area (Å²) >= 11 is 1.58.